The normalized spacial score (nSPS) is 15.7. The first-order chi connectivity index (χ1) is 6.79. The highest BCUT2D eigenvalue weighted by atomic mass is 31.2. The summed E-state index contributed by atoms with van der Waals surface area (Å²) in [5.74, 6) is -2.01. The molecule has 0 aliphatic rings. The SMILES string of the molecule is CC(O)(O)CP(=O)(O)Oc1ccccc1. The molecule has 1 aromatic rings. The van der Waals surface area contributed by atoms with Gasteiger partial charge in [0, 0.05) is 0 Å². The van der Waals surface area contributed by atoms with Crippen LogP contribution < -0.4 is 4.52 Å². The molecule has 0 amide bonds. The molecule has 84 valence electrons. The molecular weight excluding hydrogens is 219 g/mol. The minimum absolute atomic E-state index is 0.215. The predicted molar refractivity (Wildman–Crippen MR) is 54.6 cm³/mol. The maximum Gasteiger partial charge on any atom is 0.382 e. The first-order valence-corrected chi connectivity index (χ1v) is 6.06. The molecule has 15 heavy (non-hydrogen) atoms. The standard InChI is InChI=1S/C9H13O5P/c1-9(10,11)7-15(12,13)14-8-5-3-2-4-6-8/h2-6,10-11H,7H2,1H3,(H,12,13). The number of aliphatic hydroxyl groups is 2. The van der Waals surface area contributed by atoms with Crippen LogP contribution in [0.15, 0.2) is 30.3 Å². The van der Waals surface area contributed by atoms with Gasteiger partial charge in [0.25, 0.3) is 0 Å². The van der Waals surface area contributed by atoms with Crippen molar-refractivity contribution in [3.8, 4) is 5.75 Å². The summed E-state index contributed by atoms with van der Waals surface area (Å²) in [6, 6.07) is 8.04. The molecule has 3 N–H and O–H groups in total. The van der Waals surface area contributed by atoms with Crippen molar-refractivity contribution in [3.05, 3.63) is 30.3 Å². The molecule has 0 bridgehead atoms. The summed E-state index contributed by atoms with van der Waals surface area (Å²) in [7, 11) is -4.04. The molecule has 0 saturated heterocycles. The Balaban J connectivity index is 2.69. The third kappa shape index (κ3) is 4.95. The molecule has 0 radical (unpaired) electrons. The highest BCUT2D eigenvalue weighted by Crippen LogP contribution is 2.44. The van der Waals surface area contributed by atoms with E-state index < -0.39 is 19.5 Å². The Bertz CT molecular complexity index is 357. The quantitative estimate of drug-likeness (QED) is 0.531. The smallest absolute Gasteiger partial charge is 0.382 e. The highest BCUT2D eigenvalue weighted by Gasteiger charge is 2.32. The minimum Gasteiger partial charge on any atom is -0.424 e. The van der Waals surface area contributed by atoms with Crippen molar-refractivity contribution in [2.24, 2.45) is 0 Å². The van der Waals surface area contributed by atoms with Crippen molar-refractivity contribution in [2.75, 3.05) is 6.16 Å². The van der Waals surface area contributed by atoms with Crippen LogP contribution in [-0.2, 0) is 4.57 Å². The van der Waals surface area contributed by atoms with Gasteiger partial charge in [0.15, 0.2) is 5.79 Å². The van der Waals surface area contributed by atoms with E-state index in [0.717, 1.165) is 6.92 Å². The van der Waals surface area contributed by atoms with E-state index >= 15 is 0 Å². The second kappa shape index (κ2) is 4.33. The molecule has 1 rings (SSSR count). The summed E-state index contributed by atoms with van der Waals surface area (Å²) in [5, 5.41) is 17.9. The number of para-hydroxylation sites is 1. The van der Waals surface area contributed by atoms with Gasteiger partial charge in [-0.05, 0) is 19.1 Å². The van der Waals surface area contributed by atoms with Crippen molar-refractivity contribution >= 4 is 7.60 Å². The zero-order valence-electron chi connectivity index (χ0n) is 8.20. The molecule has 0 heterocycles. The van der Waals surface area contributed by atoms with E-state index in [4.69, 9.17) is 14.7 Å². The molecule has 0 spiro atoms. The van der Waals surface area contributed by atoms with Gasteiger partial charge in [0.1, 0.15) is 11.9 Å². The van der Waals surface area contributed by atoms with Crippen LogP contribution in [0.2, 0.25) is 0 Å². The van der Waals surface area contributed by atoms with Gasteiger partial charge in [0.05, 0.1) is 0 Å². The van der Waals surface area contributed by atoms with E-state index in [9.17, 15) is 9.46 Å². The van der Waals surface area contributed by atoms with Gasteiger partial charge < -0.3 is 19.6 Å². The molecule has 0 aliphatic carbocycles. The van der Waals surface area contributed by atoms with Crippen LogP contribution >= 0.6 is 7.60 Å². The molecule has 0 aliphatic heterocycles. The summed E-state index contributed by atoms with van der Waals surface area (Å²) in [5.41, 5.74) is 0. The monoisotopic (exact) mass is 232 g/mol. The zero-order chi connectivity index (χ0) is 11.5. The summed E-state index contributed by atoms with van der Waals surface area (Å²) < 4.78 is 16.2. The minimum atomic E-state index is -4.04. The lowest BCUT2D eigenvalue weighted by molar-refractivity contribution is -0.126. The Hall–Kier alpha value is -0.870. The summed E-state index contributed by atoms with van der Waals surface area (Å²) in [6.07, 6.45) is -0.741. The Morgan fingerprint density at radius 2 is 1.87 bits per heavy atom. The molecule has 1 aromatic carbocycles. The maximum atomic E-state index is 11.4. The first kappa shape index (κ1) is 12.2. The molecule has 0 saturated carbocycles. The zero-order valence-corrected chi connectivity index (χ0v) is 9.09. The van der Waals surface area contributed by atoms with Gasteiger partial charge in [-0.3, -0.25) is 0 Å². The van der Waals surface area contributed by atoms with E-state index in [1.807, 2.05) is 0 Å². The van der Waals surface area contributed by atoms with Crippen LogP contribution in [-0.4, -0.2) is 27.1 Å². The fraction of sp³-hybridized carbons (Fsp3) is 0.333. The van der Waals surface area contributed by atoms with Crippen molar-refractivity contribution in [1.82, 2.24) is 0 Å². The third-order valence-corrected chi connectivity index (χ3v) is 2.99. The largest absolute Gasteiger partial charge is 0.424 e. The van der Waals surface area contributed by atoms with Crippen LogP contribution in [0.3, 0.4) is 0 Å². The van der Waals surface area contributed by atoms with Crippen LogP contribution in [0.1, 0.15) is 6.92 Å². The summed E-state index contributed by atoms with van der Waals surface area (Å²) in [6.45, 7) is 1.02. The van der Waals surface area contributed by atoms with Crippen LogP contribution in [0, 0.1) is 0 Å². The van der Waals surface area contributed by atoms with Crippen LogP contribution in [0.25, 0.3) is 0 Å². The average Bonchev–Trinajstić information content (AvgIpc) is 1.99. The fourth-order valence-corrected chi connectivity index (χ4v) is 2.33. The Labute approximate surface area is 87.5 Å². The Kier molecular flexibility index (Phi) is 3.52. The highest BCUT2D eigenvalue weighted by molar-refractivity contribution is 7.53. The molecule has 5 nitrogen and oxygen atoms in total. The Morgan fingerprint density at radius 3 is 2.33 bits per heavy atom. The topological polar surface area (TPSA) is 87.0 Å². The van der Waals surface area contributed by atoms with Gasteiger partial charge in [-0.25, -0.2) is 4.57 Å². The van der Waals surface area contributed by atoms with E-state index in [2.05, 4.69) is 0 Å². The summed E-state index contributed by atoms with van der Waals surface area (Å²) in [4.78, 5) is 9.32. The lowest BCUT2D eigenvalue weighted by Crippen LogP contribution is -2.28. The second-order valence-electron chi connectivity index (χ2n) is 3.42. The number of hydrogen-bond donors (Lipinski definition) is 3. The van der Waals surface area contributed by atoms with Crippen molar-refractivity contribution in [2.45, 2.75) is 12.7 Å². The van der Waals surface area contributed by atoms with Gasteiger partial charge in [-0.15, -0.1) is 0 Å². The van der Waals surface area contributed by atoms with Gasteiger partial charge in [-0.2, -0.15) is 0 Å². The number of rotatable bonds is 4. The average molecular weight is 232 g/mol. The molecule has 1 atom stereocenters. The molecule has 0 aromatic heterocycles. The first-order valence-electron chi connectivity index (χ1n) is 4.30. The number of benzene rings is 1. The number of hydrogen-bond acceptors (Lipinski definition) is 4. The molecule has 6 heteroatoms. The van der Waals surface area contributed by atoms with Crippen molar-refractivity contribution in [1.29, 1.82) is 0 Å². The van der Waals surface area contributed by atoms with Crippen LogP contribution in [0.5, 0.6) is 5.75 Å². The lowest BCUT2D eigenvalue weighted by atomic mass is 10.3. The van der Waals surface area contributed by atoms with E-state index in [0.29, 0.717) is 0 Å². The summed E-state index contributed by atoms with van der Waals surface area (Å²) >= 11 is 0. The molecule has 1 unspecified atom stereocenters. The molecular formula is C9H13O5P. The third-order valence-electron chi connectivity index (χ3n) is 1.49. The van der Waals surface area contributed by atoms with E-state index in [-0.39, 0.29) is 5.75 Å². The maximum absolute atomic E-state index is 11.4. The van der Waals surface area contributed by atoms with Gasteiger partial charge >= 0.3 is 7.60 Å². The van der Waals surface area contributed by atoms with Crippen molar-refractivity contribution in [3.63, 3.8) is 0 Å². The van der Waals surface area contributed by atoms with E-state index in [1.54, 1.807) is 18.2 Å². The van der Waals surface area contributed by atoms with E-state index in [1.165, 1.54) is 12.1 Å². The molecule has 0 fully saturated rings. The van der Waals surface area contributed by atoms with Gasteiger partial charge in [-0.1, -0.05) is 18.2 Å². The second-order valence-corrected chi connectivity index (χ2v) is 5.19. The van der Waals surface area contributed by atoms with Crippen LogP contribution in [0.4, 0.5) is 0 Å². The fourth-order valence-electron chi connectivity index (χ4n) is 1.06. The lowest BCUT2D eigenvalue weighted by Gasteiger charge is -2.20. The van der Waals surface area contributed by atoms with Crippen molar-refractivity contribution < 1.29 is 24.2 Å². The Morgan fingerprint density at radius 1 is 1.33 bits per heavy atom. The predicted octanol–water partition coefficient (Wildman–Crippen LogP) is 0.952. The van der Waals surface area contributed by atoms with Gasteiger partial charge in [0.2, 0.25) is 0 Å².